The highest BCUT2D eigenvalue weighted by Gasteiger charge is 2.11. The van der Waals surface area contributed by atoms with Crippen LogP contribution in [0.5, 0.6) is 0 Å². The Kier molecular flexibility index (Phi) is 4.44. The van der Waals surface area contributed by atoms with E-state index in [2.05, 4.69) is 30.6 Å². The monoisotopic (exact) mass is 377 g/mol. The second-order valence-electron chi connectivity index (χ2n) is 6.49. The fraction of sp³-hybridized carbons (Fsp3) is 0.222. The molecule has 0 aliphatic heterocycles. The van der Waals surface area contributed by atoms with Gasteiger partial charge in [-0.3, -0.25) is 14.2 Å². The number of nitrogens with zero attached hydrogens (tertiary/aromatic N) is 8. The Morgan fingerprint density at radius 1 is 1.11 bits per heavy atom. The van der Waals surface area contributed by atoms with Crippen LogP contribution in [0.15, 0.2) is 43.2 Å². The molecule has 1 N–H and O–H groups in total. The van der Waals surface area contributed by atoms with Gasteiger partial charge in [0.25, 0.3) is 0 Å². The molecule has 0 aliphatic carbocycles. The molecule has 10 nitrogen and oxygen atoms in total. The van der Waals surface area contributed by atoms with E-state index in [1.807, 2.05) is 32.2 Å². The van der Waals surface area contributed by atoms with Crippen molar-refractivity contribution in [1.82, 2.24) is 39.3 Å². The first kappa shape index (κ1) is 17.6. The second kappa shape index (κ2) is 7.06. The molecule has 0 saturated carbocycles. The summed E-state index contributed by atoms with van der Waals surface area (Å²) in [5.74, 6) is 1.12. The third kappa shape index (κ3) is 3.65. The molecule has 0 aliphatic rings. The van der Waals surface area contributed by atoms with Crippen molar-refractivity contribution >= 4 is 11.7 Å². The Balaban J connectivity index is 1.48. The largest absolute Gasteiger partial charge is 0.309 e. The van der Waals surface area contributed by atoms with Crippen LogP contribution in [0.2, 0.25) is 0 Å². The van der Waals surface area contributed by atoms with E-state index < -0.39 is 0 Å². The molecule has 4 rings (SSSR count). The number of carbonyl (C=O) groups is 1. The van der Waals surface area contributed by atoms with Crippen molar-refractivity contribution in [1.29, 1.82) is 0 Å². The molecule has 0 radical (unpaired) electrons. The van der Waals surface area contributed by atoms with Gasteiger partial charge in [0, 0.05) is 37.1 Å². The number of amides is 1. The first-order chi connectivity index (χ1) is 13.5. The van der Waals surface area contributed by atoms with Gasteiger partial charge in [-0.05, 0) is 19.4 Å². The van der Waals surface area contributed by atoms with Crippen molar-refractivity contribution in [2.45, 2.75) is 20.4 Å². The van der Waals surface area contributed by atoms with E-state index >= 15 is 0 Å². The number of hydrogen-bond donors (Lipinski definition) is 1. The van der Waals surface area contributed by atoms with E-state index in [0.717, 1.165) is 16.8 Å². The molecule has 10 heteroatoms. The summed E-state index contributed by atoms with van der Waals surface area (Å²) in [6, 6.07) is 3.64. The lowest BCUT2D eigenvalue weighted by molar-refractivity contribution is -0.116. The molecule has 0 saturated heterocycles. The minimum absolute atomic E-state index is 0.0838. The average molecular weight is 377 g/mol. The van der Waals surface area contributed by atoms with Crippen LogP contribution >= 0.6 is 0 Å². The van der Waals surface area contributed by atoms with E-state index in [4.69, 9.17) is 0 Å². The van der Waals surface area contributed by atoms with Crippen molar-refractivity contribution in [3.63, 3.8) is 0 Å². The maximum atomic E-state index is 12.3. The van der Waals surface area contributed by atoms with Crippen LogP contribution in [0.4, 0.5) is 5.82 Å². The zero-order valence-corrected chi connectivity index (χ0v) is 15.7. The van der Waals surface area contributed by atoms with E-state index in [9.17, 15) is 4.79 Å². The van der Waals surface area contributed by atoms with Crippen LogP contribution in [0, 0.1) is 13.8 Å². The smallest absolute Gasteiger partial charge is 0.247 e. The highest BCUT2D eigenvalue weighted by atomic mass is 16.2. The molecule has 4 heterocycles. The summed E-state index contributed by atoms with van der Waals surface area (Å²) in [5, 5.41) is 15.6. The molecule has 0 aromatic carbocycles. The zero-order chi connectivity index (χ0) is 19.7. The molecule has 1 amide bonds. The van der Waals surface area contributed by atoms with E-state index in [-0.39, 0.29) is 12.5 Å². The maximum absolute atomic E-state index is 12.3. The predicted octanol–water partition coefficient (Wildman–Crippen LogP) is 1.51. The lowest BCUT2D eigenvalue weighted by Gasteiger charge is -2.05. The molecule has 0 atom stereocenters. The van der Waals surface area contributed by atoms with Crippen LogP contribution in [-0.4, -0.2) is 45.2 Å². The van der Waals surface area contributed by atoms with E-state index in [1.54, 1.807) is 39.7 Å². The number of nitrogens with one attached hydrogen (secondary N) is 1. The van der Waals surface area contributed by atoms with Crippen LogP contribution in [0.3, 0.4) is 0 Å². The SMILES string of the molecule is Cc1cnn(-c2cc(-c3cnn(CC(=O)Nc4cc(C)nn4C)c3)ncn2)c1. The number of aryl methyl sites for hydroxylation is 3. The van der Waals surface area contributed by atoms with Gasteiger partial charge in [-0.2, -0.15) is 15.3 Å². The average Bonchev–Trinajstić information content (AvgIpc) is 3.37. The normalized spacial score (nSPS) is 11.0. The number of aromatic nitrogens is 8. The summed E-state index contributed by atoms with van der Waals surface area (Å²) in [4.78, 5) is 20.8. The number of hydrogen-bond acceptors (Lipinski definition) is 6. The van der Waals surface area contributed by atoms with E-state index in [0.29, 0.717) is 17.3 Å². The molecular formula is C18H19N9O. The maximum Gasteiger partial charge on any atom is 0.247 e. The highest BCUT2D eigenvalue weighted by Crippen LogP contribution is 2.18. The summed E-state index contributed by atoms with van der Waals surface area (Å²) >= 11 is 0. The van der Waals surface area contributed by atoms with Crippen molar-refractivity contribution in [3.8, 4) is 17.1 Å². The van der Waals surface area contributed by atoms with Crippen LogP contribution in [0.25, 0.3) is 17.1 Å². The summed E-state index contributed by atoms with van der Waals surface area (Å²) in [5.41, 5.74) is 3.37. The lowest BCUT2D eigenvalue weighted by atomic mass is 10.2. The van der Waals surface area contributed by atoms with Gasteiger partial charge in [-0.25, -0.2) is 14.6 Å². The summed E-state index contributed by atoms with van der Waals surface area (Å²) in [7, 11) is 1.78. The Morgan fingerprint density at radius 3 is 2.68 bits per heavy atom. The summed E-state index contributed by atoms with van der Waals surface area (Å²) < 4.78 is 4.88. The molecule has 0 bridgehead atoms. The van der Waals surface area contributed by atoms with Crippen molar-refractivity contribution in [2.24, 2.45) is 7.05 Å². The van der Waals surface area contributed by atoms with Gasteiger partial charge >= 0.3 is 0 Å². The fourth-order valence-electron chi connectivity index (χ4n) is 2.81. The van der Waals surface area contributed by atoms with Crippen LogP contribution in [-0.2, 0) is 18.4 Å². The van der Waals surface area contributed by atoms with Gasteiger partial charge in [0.1, 0.15) is 18.7 Å². The third-order valence-electron chi connectivity index (χ3n) is 4.10. The fourth-order valence-corrected chi connectivity index (χ4v) is 2.81. The molecule has 4 aromatic rings. The quantitative estimate of drug-likeness (QED) is 0.565. The van der Waals surface area contributed by atoms with Crippen molar-refractivity contribution in [2.75, 3.05) is 5.32 Å². The second-order valence-corrected chi connectivity index (χ2v) is 6.49. The minimum atomic E-state index is -0.187. The highest BCUT2D eigenvalue weighted by molar-refractivity contribution is 5.89. The Bertz CT molecular complexity index is 1140. The Morgan fingerprint density at radius 2 is 1.96 bits per heavy atom. The standard InChI is InChI=1S/C18H19N9O/c1-12-6-22-27(8-12)16-5-15(19-11-20-16)14-7-21-26(9-14)10-18(28)23-17-4-13(2)24-25(17)3/h4-9,11H,10H2,1-3H3,(H,23,28). The predicted molar refractivity (Wildman–Crippen MR) is 102 cm³/mol. The van der Waals surface area contributed by atoms with Gasteiger partial charge < -0.3 is 5.32 Å². The molecule has 0 fully saturated rings. The van der Waals surface area contributed by atoms with Crippen molar-refractivity contribution < 1.29 is 4.79 Å². The van der Waals surface area contributed by atoms with Crippen molar-refractivity contribution in [3.05, 3.63) is 54.5 Å². The van der Waals surface area contributed by atoms with Gasteiger partial charge in [-0.1, -0.05) is 0 Å². The molecule has 28 heavy (non-hydrogen) atoms. The molecule has 0 spiro atoms. The van der Waals surface area contributed by atoms with Crippen LogP contribution in [0.1, 0.15) is 11.3 Å². The Hall–Kier alpha value is -3.82. The minimum Gasteiger partial charge on any atom is -0.309 e. The summed E-state index contributed by atoms with van der Waals surface area (Å²) in [6.07, 6.45) is 8.58. The first-order valence-corrected chi connectivity index (χ1v) is 8.65. The Labute approximate surface area is 160 Å². The molecular weight excluding hydrogens is 358 g/mol. The number of anilines is 1. The van der Waals surface area contributed by atoms with Crippen LogP contribution < -0.4 is 5.32 Å². The summed E-state index contributed by atoms with van der Waals surface area (Å²) in [6.45, 7) is 3.92. The molecule has 142 valence electrons. The first-order valence-electron chi connectivity index (χ1n) is 8.65. The molecule has 4 aromatic heterocycles. The number of carbonyl (C=O) groups excluding carboxylic acids is 1. The third-order valence-corrected chi connectivity index (χ3v) is 4.10. The van der Waals surface area contributed by atoms with Gasteiger partial charge in [0.15, 0.2) is 5.82 Å². The topological polar surface area (TPSA) is 108 Å². The van der Waals surface area contributed by atoms with Gasteiger partial charge in [0.2, 0.25) is 5.91 Å². The number of rotatable bonds is 5. The van der Waals surface area contributed by atoms with Gasteiger partial charge in [0.05, 0.1) is 23.8 Å². The van der Waals surface area contributed by atoms with Gasteiger partial charge in [-0.15, -0.1) is 0 Å². The zero-order valence-electron chi connectivity index (χ0n) is 15.7. The molecule has 0 unspecified atom stereocenters. The lowest BCUT2D eigenvalue weighted by Crippen LogP contribution is -2.20. The van der Waals surface area contributed by atoms with E-state index in [1.165, 1.54) is 6.33 Å².